The van der Waals surface area contributed by atoms with Crippen molar-refractivity contribution in [3.05, 3.63) is 47.4 Å². The Kier molecular flexibility index (Phi) is 3.02. The first-order chi connectivity index (χ1) is 10.1. The highest BCUT2D eigenvalue weighted by molar-refractivity contribution is 5.97. The number of nitrogens with two attached hydrogens (primary N) is 1. The lowest BCUT2D eigenvalue weighted by Crippen LogP contribution is -2.13. The van der Waals surface area contributed by atoms with E-state index in [0.717, 1.165) is 22.4 Å². The van der Waals surface area contributed by atoms with E-state index in [4.69, 9.17) is 5.73 Å². The lowest BCUT2D eigenvalue weighted by molar-refractivity contribution is 0.0996. The normalized spacial score (nSPS) is 10.8. The summed E-state index contributed by atoms with van der Waals surface area (Å²) in [7, 11) is 0. The molecule has 3 aromatic rings. The van der Waals surface area contributed by atoms with Crippen LogP contribution in [-0.4, -0.2) is 31.1 Å². The van der Waals surface area contributed by atoms with Crippen molar-refractivity contribution in [2.45, 2.75) is 13.8 Å². The van der Waals surface area contributed by atoms with Crippen LogP contribution in [0.2, 0.25) is 0 Å². The summed E-state index contributed by atoms with van der Waals surface area (Å²) < 4.78 is 1.74. The van der Waals surface area contributed by atoms with Gasteiger partial charge < -0.3 is 5.73 Å². The molecule has 0 bridgehead atoms. The second kappa shape index (κ2) is 4.86. The third-order valence-electron chi connectivity index (χ3n) is 3.21. The van der Waals surface area contributed by atoms with Crippen molar-refractivity contribution < 1.29 is 4.79 Å². The number of H-pyrrole nitrogens is 1. The number of nitrogens with one attached hydrogen (secondary N) is 1. The van der Waals surface area contributed by atoms with Gasteiger partial charge in [0.05, 0.1) is 5.69 Å². The van der Waals surface area contributed by atoms with Crippen molar-refractivity contribution >= 4 is 5.91 Å². The van der Waals surface area contributed by atoms with Crippen LogP contribution in [0.15, 0.2) is 30.6 Å². The van der Waals surface area contributed by atoms with Crippen LogP contribution >= 0.6 is 0 Å². The van der Waals surface area contributed by atoms with Gasteiger partial charge in [-0.25, -0.2) is 4.68 Å². The summed E-state index contributed by atoms with van der Waals surface area (Å²) in [5.74, 6) is -0.621. The molecule has 2 heterocycles. The van der Waals surface area contributed by atoms with E-state index in [0.29, 0.717) is 5.69 Å². The van der Waals surface area contributed by atoms with Gasteiger partial charge in [-0.3, -0.25) is 4.79 Å². The van der Waals surface area contributed by atoms with Gasteiger partial charge in [0.15, 0.2) is 5.69 Å². The Morgan fingerprint density at radius 2 is 2.10 bits per heavy atom. The fraction of sp³-hybridized carbons (Fsp3) is 0.143. The van der Waals surface area contributed by atoms with Gasteiger partial charge in [-0.2, -0.15) is 20.5 Å². The molecule has 1 amide bonds. The summed E-state index contributed by atoms with van der Waals surface area (Å²) in [5.41, 5.74) is 9.59. The summed E-state index contributed by atoms with van der Waals surface area (Å²) in [5, 5.41) is 14.6. The number of amides is 1. The second-order valence-corrected chi connectivity index (χ2v) is 4.81. The minimum atomic E-state index is -0.621. The van der Waals surface area contributed by atoms with Gasteiger partial charge in [0.1, 0.15) is 5.69 Å². The van der Waals surface area contributed by atoms with E-state index in [-0.39, 0.29) is 5.69 Å². The Hall–Kier alpha value is -2.96. The number of hydrogen-bond donors (Lipinski definition) is 2. The van der Waals surface area contributed by atoms with Crippen LogP contribution in [0.25, 0.3) is 16.9 Å². The molecule has 106 valence electrons. The van der Waals surface area contributed by atoms with Crippen molar-refractivity contribution in [1.82, 2.24) is 25.2 Å². The molecule has 3 rings (SSSR count). The first-order valence-corrected chi connectivity index (χ1v) is 6.40. The van der Waals surface area contributed by atoms with Gasteiger partial charge in [-0.15, -0.1) is 0 Å². The molecule has 0 atom stereocenters. The number of rotatable bonds is 3. The first-order valence-electron chi connectivity index (χ1n) is 6.40. The lowest BCUT2D eigenvalue weighted by atomic mass is 10.0. The second-order valence-electron chi connectivity index (χ2n) is 4.81. The quantitative estimate of drug-likeness (QED) is 0.757. The smallest absolute Gasteiger partial charge is 0.271 e. The van der Waals surface area contributed by atoms with Crippen LogP contribution in [0.5, 0.6) is 0 Å². The molecule has 0 saturated carbocycles. The maximum atomic E-state index is 11.5. The maximum Gasteiger partial charge on any atom is 0.271 e. The zero-order chi connectivity index (χ0) is 15.0. The molecule has 0 unspecified atom stereocenters. The van der Waals surface area contributed by atoms with E-state index in [9.17, 15) is 4.79 Å². The third-order valence-corrected chi connectivity index (χ3v) is 3.21. The average Bonchev–Trinajstić information content (AvgIpc) is 3.08. The van der Waals surface area contributed by atoms with Crippen molar-refractivity contribution in [3.8, 4) is 16.9 Å². The zero-order valence-corrected chi connectivity index (χ0v) is 11.7. The Morgan fingerprint density at radius 1 is 1.29 bits per heavy atom. The van der Waals surface area contributed by atoms with E-state index in [1.165, 1.54) is 0 Å². The molecule has 0 fully saturated rings. The minimum Gasteiger partial charge on any atom is -0.364 e. The maximum absolute atomic E-state index is 11.5. The average molecular weight is 282 g/mol. The number of aromatic nitrogens is 5. The van der Waals surface area contributed by atoms with Crippen LogP contribution in [0.1, 0.15) is 21.6 Å². The predicted octanol–water partition coefficient (Wildman–Crippen LogP) is 1.37. The molecular formula is C14H14N6O. The summed E-state index contributed by atoms with van der Waals surface area (Å²) in [4.78, 5) is 11.5. The number of hydrogen-bond acceptors (Lipinski definition) is 4. The molecular weight excluding hydrogens is 268 g/mol. The van der Waals surface area contributed by atoms with Crippen LogP contribution in [0, 0.1) is 13.8 Å². The standard InChI is InChI=1S/C14H14N6O/c1-8-6-9(2)13(20-5-3-4-16-20)10(7-8)11-12(14(15)21)18-19-17-11/h3-7H,1-2H3,(H2,15,21)(H,17,18,19). The zero-order valence-electron chi connectivity index (χ0n) is 11.7. The SMILES string of the molecule is Cc1cc(C)c(-n2cccn2)c(-c2n[nH]nc2C(N)=O)c1. The molecule has 0 radical (unpaired) electrons. The molecule has 0 aliphatic carbocycles. The fourth-order valence-electron chi connectivity index (χ4n) is 2.44. The van der Waals surface area contributed by atoms with E-state index in [1.54, 1.807) is 10.9 Å². The molecule has 21 heavy (non-hydrogen) atoms. The highest BCUT2D eigenvalue weighted by atomic mass is 16.1. The van der Waals surface area contributed by atoms with Crippen molar-refractivity contribution in [2.75, 3.05) is 0 Å². The minimum absolute atomic E-state index is 0.119. The largest absolute Gasteiger partial charge is 0.364 e. The highest BCUT2D eigenvalue weighted by Crippen LogP contribution is 2.30. The Balaban J connectivity index is 2.32. The first kappa shape index (κ1) is 13.0. The number of aromatic amines is 1. The van der Waals surface area contributed by atoms with E-state index in [2.05, 4.69) is 20.5 Å². The summed E-state index contributed by atoms with van der Waals surface area (Å²) in [6.45, 7) is 3.96. The van der Waals surface area contributed by atoms with Gasteiger partial charge in [-0.1, -0.05) is 11.6 Å². The summed E-state index contributed by atoms with van der Waals surface area (Å²) >= 11 is 0. The molecule has 7 nitrogen and oxygen atoms in total. The Labute approximate surface area is 120 Å². The van der Waals surface area contributed by atoms with E-state index < -0.39 is 5.91 Å². The van der Waals surface area contributed by atoms with Crippen LogP contribution in [0.4, 0.5) is 0 Å². The molecule has 7 heteroatoms. The van der Waals surface area contributed by atoms with Gasteiger partial charge in [0.2, 0.25) is 0 Å². The molecule has 2 aromatic heterocycles. The molecule has 0 aliphatic rings. The van der Waals surface area contributed by atoms with Gasteiger partial charge >= 0.3 is 0 Å². The predicted molar refractivity (Wildman–Crippen MR) is 76.9 cm³/mol. The Bertz CT molecular complexity index is 803. The van der Waals surface area contributed by atoms with Gasteiger partial charge in [0, 0.05) is 18.0 Å². The highest BCUT2D eigenvalue weighted by Gasteiger charge is 2.20. The molecule has 3 N–H and O–H groups in total. The molecule has 0 saturated heterocycles. The molecule has 1 aromatic carbocycles. The van der Waals surface area contributed by atoms with Gasteiger partial charge in [0.25, 0.3) is 5.91 Å². The van der Waals surface area contributed by atoms with Crippen LogP contribution in [-0.2, 0) is 0 Å². The number of nitrogens with zero attached hydrogens (tertiary/aromatic N) is 4. The van der Waals surface area contributed by atoms with Crippen molar-refractivity contribution in [3.63, 3.8) is 0 Å². The summed E-state index contributed by atoms with van der Waals surface area (Å²) in [6, 6.07) is 5.82. The van der Waals surface area contributed by atoms with Crippen LogP contribution in [0.3, 0.4) is 0 Å². The van der Waals surface area contributed by atoms with Crippen molar-refractivity contribution in [2.24, 2.45) is 5.73 Å². The van der Waals surface area contributed by atoms with Crippen molar-refractivity contribution in [1.29, 1.82) is 0 Å². The monoisotopic (exact) mass is 282 g/mol. The van der Waals surface area contributed by atoms with E-state index >= 15 is 0 Å². The number of benzene rings is 1. The van der Waals surface area contributed by atoms with Gasteiger partial charge in [-0.05, 0) is 31.5 Å². The number of primary amides is 1. The van der Waals surface area contributed by atoms with E-state index in [1.807, 2.05) is 38.2 Å². The number of carbonyl (C=O) groups is 1. The number of carbonyl (C=O) groups excluding carboxylic acids is 1. The molecule has 0 spiro atoms. The summed E-state index contributed by atoms with van der Waals surface area (Å²) in [6.07, 6.45) is 3.53. The lowest BCUT2D eigenvalue weighted by Gasteiger charge is -2.13. The Morgan fingerprint density at radius 3 is 2.76 bits per heavy atom. The third kappa shape index (κ3) is 2.18. The molecule has 0 aliphatic heterocycles. The topological polar surface area (TPSA) is 102 Å². The number of aryl methyl sites for hydroxylation is 2. The fourth-order valence-corrected chi connectivity index (χ4v) is 2.44. The van der Waals surface area contributed by atoms with Crippen LogP contribution < -0.4 is 5.73 Å².